The molecule has 1 atom stereocenters. The Morgan fingerprint density at radius 2 is 1.91 bits per heavy atom. The summed E-state index contributed by atoms with van der Waals surface area (Å²) in [4.78, 5) is 23.0. The van der Waals surface area contributed by atoms with E-state index in [1.165, 1.54) is 0 Å². The first-order chi connectivity index (χ1) is 10.1. The molecule has 2 amide bonds. The molecule has 122 valence electrons. The molecule has 0 saturated heterocycles. The molecule has 5 nitrogen and oxygen atoms in total. The zero-order chi connectivity index (χ0) is 16.9. The Hall–Kier alpha value is -2.16. The van der Waals surface area contributed by atoms with E-state index < -0.39 is 35.4 Å². The van der Waals surface area contributed by atoms with Gasteiger partial charge in [-0.15, -0.1) is 0 Å². The smallest absolute Gasteiger partial charge is 0.396 e. The molecule has 0 aliphatic rings. The molecule has 1 aromatic carbocycles. The van der Waals surface area contributed by atoms with Gasteiger partial charge < -0.3 is 15.7 Å². The maximum absolute atomic E-state index is 13.1. The second kappa shape index (κ2) is 7.21. The van der Waals surface area contributed by atoms with Crippen LogP contribution in [0.4, 0.5) is 23.2 Å². The summed E-state index contributed by atoms with van der Waals surface area (Å²) in [5.41, 5.74) is -1.90. The van der Waals surface area contributed by atoms with Crippen LogP contribution in [0.2, 0.25) is 0 Å². The summed E-state index contributed by atoms with van der Waals surface area (Å²) in [6.45, 7) is 1.34. The first-order valence-corrected chi connectivity index (χ1v) is 6.24. The predicted molar refractivity (Wildman–Crippen MR) is 69.3 cm³/mol. The number of hydrogen-bond donors (Lipinski definition) is 3. The van der Waals surface area contributed by atoms with Gasteiger partial charge in [0.25, 0.3) is 0 Å². The van der Waals surface area contributed by atoms with Crippen LogP contribution in [0.15, 0.2) is 18.2 Å². The fourth-order valence-electron chi connectivity index (χ4n) is 1.56. The molecule has 0 bridgehead atoms. The van der Waals surface area contributed by atoms with E-state index >= 15 is 0 Å². The van der Waals surface area contributed by atoms with E-state index in [-0.39, 0.29) is 18.7 Å². The third-order valence-electron chi connectivity index (χ3n) is 2.68. The number of aliphatic hydroxyl groups is 1. The molecule has 3 N–H and O–H groups in total. The van der Waals surface area contributed by atoms with Crippen LogP contribution in [0.3, 0.4) is 0 Å². The fraction of sp³-hybridized carbons (Fsp3) is 0.385. The van der Waals surface area contributed by atoms with Crippen LogP contribution in [-0.4, -0.2) is 29.6 Å². The highest BCUT2D eigenvalue weighted by Gasteiger charge is 2.34. The number of hydrogen-bond acceptors (Lipinski definition) is 3. The monoisotopic (exact) mass is 322 g/mol. The molecule has 0 unspecified atom stereocenters. The van der Waals surface area contributed by atoms with Gasteiger partial charge in [-0.1, -0.05) is 0 Å². The normalized spacial score (nSPS) is 12.6. The number of carbonyl (C=O) groups is 2. The lowest BCUT2D eigenvalue weighted by atomic mass is 10.2. The topological polar surface area (TPSA) is 78.4 Å². The molecule has 1 rings (SSSR count). The summed E-state index contributed by atoms with van der Waals surface area (Å²) in [5, 5.41) is 12.9. The molecule has 0 aromatic heterocycles. The predicted octanol–water partition coefficient (Wildman–Crippen LogP) is 1.67. The number of benzene rings is 1. The minimum absolute atomic E-state index is 0.198. The first kappa shape index (κ1) is 17.9. The van der Waals surface area contributed by atoms with Crippen molar-refractivity contribution in [3.8, 4) is 0 Å². The summed E-state index contributed by atoms with van der Waals surface area (Å²) in [7, 11) is 0. The quantitative estimate of drug-likeness (QED) is 0.583. The summed E-state index contributed by atoms with van der Waals surface area (Å²) >= 11 is 0. The van der Waals surface area contributed by atoms with Crippen molar-refractivity contribution in [1.82, 2.24) is 5.32 Å². The summed E-state index contributed by atoms with van der Waals surface area (Å²) in [6.07, 6.45) is -4.70. The highest BCUT2D eigenvalue weighted by Crippen LogP contribution is 2.32. The summed E-state index contributed by atoms with van der Waals surface area (Å²) in [5.74, 6) is -3.74. The third kappa shape index (κ3) is 4.99. The van der Waals surface area contributed by atoms with Gasteiger partial charge in [0.1, 0.15) is 5.82 Å². The SMILES string of the molecule is C[C@H](CCO)NC(=O)C(=O)Nc1ccc(F)c(C(F)(F)F)c1. The maximum Gasteiger partial charge on any atom is 0.419 e. The van der Waals surface area contributed by atoms with E-state index in [9.17, 15) is 27.2 Å². The number of halogens is 4. The lowest BCUT2D eigenvalue weighted by Crippen LogP contribution is -2.40. The van der Waals surface area contributed by atoms with Crippen LogP contribution in [0, 0.1) is 5.82 Å². The van der Waals surface area contributed by atoms with Crippen molar-refractivity contribution in [3.05, 3.63) is 29.6 Å². The van der Waals surface area contributed by atoms with E-state index in [1.807, 2.05) is 5.32 Å². The number of anilines is 1. The minimum Gasteiger partial charge on any atom is -0.396 e. The fourth-order valence-corrected chi connectivity index (χ4v) is 1.56. The van der Waals surface area contributed by atoms with E-state index in [4.69, 9.17) is 5.11 Å². The Morgan fingerprint density at radius 3 is 2.45 bits per heavy atom. The standard InChI is InChI=1S/C13H14F4N2O3/c1-7(4-5-20)18-11(21)12(22)19-8-2-3-10(14)9(6-8)13(15,16)17/h2-3,6-7,20H,4-5H2,1H3,(H,18,21)(H,19,22)/t7-/m1/s1. The average Bonchev–Trinajstić information content (AvgIpc) is 2.39. The highest BCUT2D eigenvalue weighted by molar-refractivity contribution is 6.39. The number of amides is 2. The molecule has 0 aliphatic heterocycles. The molecular weight excluding hydrogens is 308 g/mol. The lowest BCUT2D eigenvalue weighted by molar-refractivity contribution is -0.140. The van der Waals surface area contributed by atoms with E-state index in [0.717, 1.165) is 6.07 Å². The molecule has 0 aliphatic carbocycles. The van der Waals surface area contributed by atoms with Crippen molar-refractivity contribution in [2.24, 2.45) is 0 Å². The van der Waals surface area contributed by atoms with Crippen LogP contribution in [0.25, 0.3) is 0 Å². The van der Waals surface area contributed by atoms with Crippen molar-refractivity contribution in [2.75, 3.05) is 11.9 Å². The highest BCUT2D eigenvalue weighted by atomic mass is 19.4. The van der Waals surface area contributed by atoms with Gasteiger partial charge >= 0.3 is 18.0 Å². The average molecular weight is 322 g/mol. The third-order valence-corrected chi connectivity index (χ3v) is 2.68. The Morgan fingerprint density at radius 1 is 1.27 bits per heavy atom. The molecule has 0 radical (unpaired) electrons. The van der Waals surface area contributed by atoms with Crippen LogP contribution in [0.1, 0.15) is 18.9 Å². The molecule has 0 spiro atoms. The number of alkyl halides is 3. The second-order valence-corrected chi connectivity index (χ2v) is 4.53. The Balaban J connectivity index is 2.79. The van der Waals surface area contributed by atoms with Crippen molar-refractivity contribution < 1.29 is 32.3 Å². The Kier molecular flexibility index (Phi) is 5.86. The van der Waals surface area contributed by atoms with Crippen molar-refractivity contribution in [1.29, 1.82) is 0 Å². The number of aliphatic hydroxyl groups excluding tert-OH is 1. The molecule has 0 fully saturated rings. The van der Waals surface area contributed by atoms with Gasteiger partial charge in [0.05, 0.1) is 5.56 Å². The van der Waals surface area contributed by atoms with Crippen LogP contribution >= 0.6 is 0 Å². The summed E-state index contributed by atoms with van der Waals surface area (Å²) < 4.78 is 50.7. The summed E-state index contributed by atoms with van der Waals surface area (Å²) in [6, 6.07) is 1.37. The lowest BCUT2D eigenvalue weighted by Gasteiger charge is -2.13. The van der Waals surface area contributed by atoms with E-state index in [2.05, 4.69) is 5.32 Å². The van der Waals surface area contributed by atoms with Gasteiger partial charge in [-0.05, 0) is 31.5 Å². The van der Waals surface area contributed by atoms with Gasteiger partial charge in [-0.3, -0.25) is 9.59 Å². The van der Waals surface area contributed by atoms with Crippen molar-refractivity contribution in [2.45, 2.75) is 25.6 Å². The van der Waals surface area contributed by atoms with Gasteiger partial charge in [-0.25, -0.2) is 4.39 Å². The maximum atomic E-state index is 13.1. The van der Waals surface area contributed by atoms with Crippen molar-refractivity contribution in [3.63, 3.8) is 0 Å². The zero-order valence-electron chi connectivity index (χ0n) is 11.5. The van der Waals surface area contributed by atoms with Gasteiger partial charge in [0.15, 0.2) is 0 Å². The van der Waals surface area contributed by atoms with Crippen molar-refractivity contribution >= 4 is 17.5 Å². The molecule has 9 heteroatoms. The number of nitrogens with one attached hydrogen (secondary N) is 2. The largest absolute Gasteiger partial charge is 0.419 e. The molecule has 1 aromatic rings. The van der Waals surface area contributed by atoms with Gasteiger partial charge in [-0.2, -0.15) is 13.2 Å². The van der Waals surface area contributed by atoms with Gasteiger partial charge in [0, 0.05) is 18.3 Å². The molecule has 0 heterocycles. The Bertz CT molecular complexity index is 561. The minimum atomic E-state index is -4.91. The van der Waals surface area contributed by atoms with E-state index in [1.54, 1.807) is 6.92 Å². The molecule has 0 saturated carbocycles. The molecule has 22 heavy (non-hydrogen) atoms. The molecular formula is C13H14F4N2O3. The first-order valence-electron chi connectivity index (χ1n) is 6.24. The zero-order valence-corrected chi connectivity index (χ0v) is 11.5. The Labute approximate surface area is 123 Å². The van der Waals surface area contributed by atoms with Crippen LogP contribution in [0.5, 0.6) is 0 Å². The number of carbonyl (C=O) groups excluding carboxylic acids is 2. The van der Waals surface area contributed by atoms with E-state index in [0.29, 0.717) is 12.1 Å². The second-order valence-electron chi connectivity index (χ2n) is 4.53. The number of rotatable bonds is 4. The van der Waals surface area contributed by atoms with Crippen LogP contribution in [-0.2, 0) is 15.8 Å². The van der Waals surface area contributed by atoms with Gasteiger partial charge in [0.2, 0.25) is 0 Å². The van der Waals surface area contributed by atoms with Crippen LogP contribution < -0.4 is 10.6 Å².